The zero-order valence-electron chi connectivity index (χ0n) is 10.0. The van der Waals surface area contributed by atoms with E-state index in [-0.39, 0.29) is 0 Å². The van der Waals surface area contributed by atoms with Gasteiger partial charge in [-0.15, -0.1) is 0 Å². The molecule has 0 saturated heterocycles. The molecule has 0 nitrogen and oxygen atoms in total. The third kappa shape index (κ3) is 3.24. The van der Waals surface area contributed by atoms with Crippen molar-refractivity contribution in [1.82, 2.24) is 0 Å². The zero-order chi connectivity index (χ0) is 11.3. The quantitative estimate of drug-likeness (QED) is 0.634. The van der Waals surface area contributed by atoms with E-state index in [2.05, 4.69) is 39.0 Å². The first kappa shape index (κ1) is 12.6. The molecule has 0 aliphatic heterocycles. The number of benzene rings is 1. The van der Waals surface area contributed by atoms with E-state index in [1.807, 2.05) is 0 Å². The Morgan fingerprint density at radius 1 is 1.13 bits per heavy atom. The first-order valence-electron chi connectivity index (χ1n) is 5.95. The highest BCUT2D eigenvalue weighted by Crippen LogP contribution is 2.33. The number of aryl methyl sites for hydroxylation is 1. The highest BCUT2D eigenvalue weighted by Gasteiger charge is 2.13. The molecule has 0 heterocycles. The van der Waals surface area contributed by atoms with Crippen LogP contribution < -0.4 is 0 Å². The number of rotatable bonds is 5. The fourth-order valence-corrected chi connectivity index (χ4v) is 2.42. The molecule has 0 aliphatic carbocycles. The smallest absolute Gasteiger partial charge is 0.0469 e. The van der Waals surface area contributed by atoms with Crippen LogP contribution in [-0.2, 0) is 0 Å². The maximum Gasteiger partial charge on any atom is 0.0469 e. The van der Waals surface area contributed by atoms with E-state index >= 15 is 0 Å². The first-order chi connectivity index (χ1) is 7.20. The molecule has 0 bridgehead atoms. The average molecular weight is 225 g/mol. The number of hydrogen-bond acceptors (Lipinski definition) is 0. The Morgan fingerprint density at radius 2 is 1.73 bits per heavy atom. The first-order valence-corrected chi connectivity index (χ1v) is 6.33. The second-order valence-electron chi connectivity index (χ2n) is 4.25. The van der Waals surface area contributed by atoms with Crippen molar-refractivity contribution in [2.45, 2.75) is 52.4 Å². The van der Waals surface area contributed by atoms with Gasteiger partial charge >= 0.3 is 0 Å². The minimum atomic E-state index is 0.646. The predicted octanol–water partition coefficient (Wildman–Crippen LogP) is 5.33. The van der Waals surface area contributed by atoms with Gasteiger partial charge in [0.1, 0.15) is 0 Å². The molecule has 0 saturated carbocycles. The predicted molar refractivity (Wildman–Crippen MR) is 68.7 cm³/mol. The van der Waals surface area contributed by atoms with Crippen LogP contribution in [0.3, 0.4) is 0 Å². The van der Waals surface area contributed by atoms with Gasteiger partial charge in [-0.25, -0.2) is 0 Å². The van der Waals surface area contributed by atoms with Crippen LogP contribution in [0.25, 0.3) is 0 Å². The third-order valence-corrected chi connectivity index (χ3v) is 3.45. The molecule has 1 rings (SSSR count). The molecule has 15 heavy (non-hydrogen) atoms. The van der Waals surface area contributed by atoms with Crippen LogP contribution in [0.5, 0.6) is 0 Å². The number of hydrogen-bond donors (Lipinski definition) is 0. The van der Waals surface area contributed by atoms with Crippen LogP contribution in [-0.4, -0.2) is 0 Å². The second kappa shape index (κ2) is 6.17. The van der Waals surface area contributed by atoms with Gasteiger partial charge in [-0.1, -0.05) is 56.5 Å². The summed E-state index contributed by atoms with van der Waals surface area (Å²) in [6, 6.07) is 6.39. The van der Waals surface area contributed by atoms with Crippen molar-refractivity contribution in [3.63, 3.8) is 0 Å². The lowest BCUT2D eigenvalue weighted by Gasteiger charge is -2.18. The fraction of sp³-hybridized carbons (Fsp3) is 0.571. The lowest BCUT2D eigenvalue weighted by atomic mass is 9.89. The van der Waals surface area contributed by atoms with Crippen molar-refractivity contribution in [3.8, 4) is 0 Å². The molecule has 0 N–H and O–H groups in total. The molecule has 0 spiro atoms. The van der Waals surface area contributed by atoms with Gasteiger partial charge in [-0.2, -0.15) is 0 Å². The summed E-state index contributed by atoms with van der Waals surface area (Å²) in [5, 5.41) is 0.976. The standard InChI is InChI=1S/C14H21Cl/c1-4-7-12(8-5-2)13-10-6-9-11(3)14(13)15/h6,9-10,12H,4-5,7-8H2,1-3H3. The van der Waals surface area contributed by atoms with Crippen LogP contribution in [0, 0.1) is 6.92 Å². The topological polar surface area (TPSA) is 0 Å². The lowest BCUT2D eigenvalue weighted by molar-refractivity contribution is 0.561. The van der Waals surface area contributed by atoms with Crippen LogP contribution in [0.4, 0.5) is 0 Å². The van der Waals surface area contributed by atoms with Crippen molar-refractivity contribution in [3.05, 3.63) is 34.3 Å². The molecule has 0 radical (unpaired) electrons. The molecular formula is C14H21Cl. The van der Waals surface area contributed by atoms with E-state index < -0.39 is 0 Å². The summed E-state index contributed by atoms with van der Waals surface area (Å²) in [5.41, 5.74) is 2.55. The SMILES string of the molecule is CCCC(CCC)c1cccc(C)c1Cl. The normalized spacial score (nSPS) is 11.0. The van der Waals surface area contributed by atoms with E-state index in [4.69, 9.17) is 11.6 Å². The second-order valence-corrected chi connectivity index (χ2v) is 4.63. The molecule has 0 aliphatic rings. The maximum atomic E-state index is 6.36. The molecule has 0 atom stereocenters. The molecule has 1 aromatic rings. The van der Waals surface area contributed by atoms with Gasteiger partial charge in [0.25, 0.3) is 0 Å². The van der Waals surface area contributed by atoms with Gasteiger partial charge in [0.15, 0.2) is 0 Å². The molecule has 0 fully saturated rings. The summed E-state index contributed by atoms with van der Waals surface area (Å²) in [4.78, 5) is 0. The van der Waals surface area contributed by atoms with E-state index in [0.29, 0.717) is 5.92 Å². The monoisotopic (exact) mass is 224 g/mol. The van der Waals surface area contributed by atoms with Crippen molar-refractivity contribution < 1.29 is 0 Å². The van der Waals surface area contributed by atoms with Crippen molar-refractivity contribution >= 4 is 11.6 Å². The van der Waals surface area contributed by atoms with Crippen molar-refractivity contribution in [2.24, 2.45) is 0 Å². The summed E-state index contributed by atoms with van der Waals surface area (Å²) < 4.78 is 0. The minimum absolute atomic E-state index is 0.646. The molecule has 0 aromatic heterocycles. The van der Waals surface area contributed by atoms with E-state index in [0.717, 1.165) is 5.02 Å². The van der Waals surface area contributed by atoms with Crippen molar-refractivity contribution in [2.75, 3.05) is 0 Å². The molecule has 84 valence electrons. The largest absolute Gasteiger partial charge is 0.0837 e. The number of halogens is 1. The lowest BCUT2D eigenvalue weighted by Crippen LogP contribution is -2.00. The molecule has 0 unspecified atom stereocenters. The molecule has 1 heteroatoms. The fourth-order valence-electron chi connectivity index (χ4n) is 2.14. The Morgan fingerprint density at radius 3 is 2.27 bits per heavy atom. The summed E-state index contributed by atoms with van der Waals surface area (Å²) in [6.07, 6.45) is 4.96. The summed E-state index contributed by atoms with van der Waals surface area (Å²) in [6.45, 7) is 6.57. The van der Waals surface area contributed by atoms with E-state index in [1.54, 1.807) is 0 Å². The third-order valence-electron chi connectivity index (χ3n) is 2.94. The Kier molecular flexibility index (Phi) is 5.17. The molecular weight excluding hydrogens is 204 g/mol. The van der Waals surface area contributed by atoms with Crippen molar-refractivity contribution in [1.29, 1.82) is 0 Å². The van der Waals surface area contributed by atoms with Crippen LogP contribution in [0.15, 0.2) is 18.2 Å². The highest BCUT2D eigenvalue weighted by molar-refractivity contribution is 6.32. The van der Waals surface area contributed by atoms with Gasteiger partial charge in [-0.3, -0.25) is 0 Å². The van der Waals surface area contributed by atoms with Gasteiger partial charge in [-0.05, 0) is 36.8 Å². The van der Waals surface area contributed by atoms with Crippen LogP contribution in [0.1, 0.15) is 56.6 Å². The van der Waals surface area contributed by atoms with Gasteiger partial charge < -0.3 is 0 Å². The van der Waals surface area contributed by atoms with Gasteiger partial charge in [0.05, 0.1) is 0 Å². The Balaban J connectivity index is 2.94. The van der Waals surface area contributed by atoms with Crippen LogP contribution in [0.2, 0.25) is 5.02 Å². The van der Waals surface area contributed by atoms with Gasteiger partial charge in [0.2, 0.25) is 0 Å². The highest BCUT2D eigenvalue weighted by atomic mass is 35.5. The van der Waals surface area contributed by atoms with E-state index in [1.165, 1.54) is 36.8 Å². The molecule has 1 aromatic carbocycles. The summed E-state index contributed by atoms with van der Waals surface area (Å²) in [5.74, 6) is 0.646. The van der Waals surface area contributed by atoms with E-state index in [9.17, 15) is 0 Å². The average Bonchev–Trinajstić information content (AvgIpc) is 2.22. The Bertz CT molecular complexity index is 298. The molecule has 0 amide bonds. The maximum absolute atomic E-state index is 6.36. The minimum Gasteiger partial charge on any atom is -0.0837 e. The van der Waals surface area contributed by atoms with Gasteiger partial charge in [0, 0.05) is 5.02 Å². The zero-order valence-corrected chi connectivity index (χ0v) is 10.8. The van der Waals surface area contributed by atoms with Crippen LogP contribution >= 0.6 is 11.6 Å². The Hall–Kier alpha value is -0.490. The summed E-state index contributed by atoms with van der Waals surface area (Å²) >= 11 is 6.36. The Labute approximate surface area is 98.7 Å². The summed E-state index contributed by atoms with van der Waals surface area (Å²) in [7, 11) is 0.